The maximum Gasteiger partial charge on any atom is 0.262 e. The lowest BCUT2D eigenvalue weighted by molar-refractivity contribution is 0.412. The number of ether oxygens (including phenoxy) is 1. The quantitative estimate of drug-likeness (QED) is 0.824. The number of rotatable bonds is 2. The van der Waals surface area contributed by atoms with Crippen molar-refractivity contribution in [2.45, 2.75) is 13.0 Å². The van der Waals surface area contributed by atoms with Crippen molar-refractivity contribution >= 4 is 12.2 Å². The molecule has 6 heteroatoms. The van der Waals surface area contributed by atoms with Crippen LogP contribution >= 0.6 is 12.2 Å². The van der Waals surface area contributed by atoms with E-state index in [0.29, 0.717) is 29.2 Å². The SMILES string of the molecule is COc1ccccc1-n1c(=S)[nH]c2c(c1=O)CCNC2. The van der Waals surface area contributed by atoms with Gasteiger partial charge in [0.05, 0.1) is 12.8 Å². The summed E-state index contributed by atoms with van der Waals surface area (Å²) in [7, 11) is 1.58. The fourth-order valence-corrected chi connectivity index (χ4v) is 2.79. The van der Waals surface area contributed by atoms with Crippen LogP contribution in [0, 0.1) is 4.77 Å². The lowest BCUT2D eigenvalue weighted by Crippen LogP contribution is -2.34. The van der Waals surface area contributed by atoms with E-state index in [9.17, 15) is 4.79 Å². The minimum Gasteiger partial charge on any atom is -0.495 e. The van der Waals surface area contributed by atoms with Gasteiger partial charge in [0.15, 0.2) is 4.77 Å². The molecule has 3 rings (SSSR count). The summed E-state index contributed by atoms with van der Waals surface area (Å²) in [4.78, 5) is 15.8. The number of aromatic amines is 1. The van der Waals surface area contributed by atoms with Crippen LogP contribution in [0.25, 0.3) is 5.69 Å². The zero-order valence-corrected chi connectivity index (χ0v) is 11.9. The molecule has 104 valence electrons. The number of hydrogen-bond acceptors (Lipinski definition) is 4. The van der Waals surface area contributed by atoms with Crippen LogP contribution in [0.15, 0.2) is 29.1 Å². The van der Waals surface area contributed by atoms with E-state index in [1.807, 2.05) is 24.3 Å². The highest BCUT2D eigenvalue weighted by atomic mass is 32.1. The van der Waals surface area contributed by atoms with Gasteiger partial charge in [0.2, 0.25) is 0 Å². The standard InChI is InChI=1S/C14H15N3O2S/c1-19-12-5-3-2-4-11(12)17-13(18)9-6-7-15-8-10(9)16-14(17)20/h2-5,15H,6-8H2,1H3,(H,16,20). The first kappa shape index (κ1) is 13.1. The van der Waals surface area contributed by atoms with Crippen molar-refractivity contribution in [3.63, 3.8) is 0 Å². The average molecular weight is 289 g/mol. The van der Waals surface area contributed by atoms with Crippen LogP contribution in [0.4, 0.5) is 0 Å². The Morgan fingerprint density at radius 1 is 1.35 bits per heavy atom. The molecule has 2 N–H and O–H groups in total. The van der Waals surface area contributed by atoms with E-state index in [1.165, 1.54) is 4.57 Å². The minimum atomic E-state index is -0.0604. The van der Waals surface area contributed by atoms with Crippen molar-refractivity contribution < 1.29 is 4.74 Å². The van der Waals surface area contributed by atoms with Crippen LogP contribution < -0.4 is 15.6 Å². The molecule has 1 aliphatic heterocycles. The summed E-state index contributed by atoms with van der Waals surface area (Å²) in [6.45, 7) is 1.46. The average Bonchev–Trinajstić information content (AvgIpc) is 2.48. The van der Waals surface area contributed by atoms with E-state index in [2.05, 4.69) is 10.3 Å². The van der Waals surface area contributed by atoms with E-state index in [-0.39, 0.29) is 5.56 Å². The Morgan fingerprint density at radius 2 is 2.15 bits per heavy atom. The van der Waals surface area contributed by atoms with Gasteiger partial charge in [-0.25, -0.2) is 4.57 Å². The third kappa shape index (κ3) is 2.07. The Balaban J connectivity index is 2.30. The lowest BCUT2D eigenvalue weighted by Gasteiger charge is -2.19. The van der Waals surface area contributed by atoms with Crippen molar-refractivity contribution in [2.24, 2.45) is 0 Å². The second-order valence-electron chi connectivity index (χ2n) is 4.63. The molecule has 0 saturated carbocycles. The van der Waals surface area contributed by atoms with Crippen LogP contribution in [-0.4, -0.2) is 23.2 Å². The molecule has 0 fully saturated rings. The largest absolute Gasteiger partial charge is 0.495 e. The van der Waals surface area contributed by atoms with E-state index < -0.39 is 0 Å². The van der Waals surface area contributed by atoms with Gasteiger partial charge in [-0.1, -0.05) is 12.1 Å². The summed E-state index contributed by atoms with van der Waals surface area (Å²) in [6, 6.07) is 7.37. The first-order chi connectivity index (χ1) is 9.72. The third-order valence-electron chi connectivity index (χ3n) is 3.47. The summed E-state index contributed by atoms with van der Waals surface area (Å²) in [5.74, 6) is 0.628. The predicted octanol–water partition coefficient (Wildman–Crippen LogP) is 1.55. The molecule has 0 aliphatic carbocycles. The summed E-state index contributed by atoms with van der Waals surface area (Å²) in [5, 5.41) is 3.23. The summed E-state index contributed by atoms with van der Waals surface area (Å²) in [5.41, 5.74) is 2.29. The Morgan fingerprint density at radius 3 is 2.95 bits per heavy atom. The topological polar surface area (TPSA) is 59.0 Å². The molecule has 1 aliphatic rings. The van der Waals surface area contributed by atoms with Gasteiger partial charge in [0.1, 0.15) is 5.75 Å². The van der Waals surface area contributed by atoms with Gasteiger partial charge in [-0.2, -0.15) is 0 Å². The number of fused-ring (bicyclic) bond motifs is 1. The molecular weight excluding hydrogens is 274 g/mol. The van der Waals surface area contributed by atoms with Gasteiger partial charge in [0, 0.05) is 17.8 Å². The molecule has 0 spiro atoms. The maximum absolute atomic E-state index is 12.7. The van der Waals surface area contributed by atoms with Gasteiger partial charge in [0.25, 0.3) is 5.56 Å². The van der Waals surface area contributed by atoms with Crippen LogP contribution in [0.2, 0.25) is 0 Å². The highest BCUT2D eigenvalue weighted by molar-refractivity contribution is 7.71. The van der Waals surface area contributed by atoms with E-state index in [1.54, 1.807) is 7.11 Å². The predicted molar refractivity (Wildman–Crippen MR) is 79.2 cm³/mol. The second kappa shape index (κ2) is 5.22. The monoisotopic (exact) mass is 289 g/mol. The van der Waals surface area contributed by atoms with Crippen LogP contribution in [0.5, 0.6) is 5.75 Å². The molecule has 2 aromatic rings. The first-order valence-corrected chi connectivity index (χ1v) is 6.84. The zero-order valence-electron chi connectivity index (χ0n) is 11.1. The molecule has 0 bridgehead atoms. The molecule has 5 nitrogen and oxygen atoms in total. The summed E-state index contributed by atoms with van der Waals surface area (Å²) in [6.07, 6.45) is 0.704. The van der Waals surface area contributed by atoms with E-state index in [4.69, 9.17) is 17.0 Å². The van der Waals surface area contributed by atoms with Gasteiger partial charge in [-0.3, -0.25) is 4.79 Å². The smallest absolute Gasteiger partial charge is 0.262 e. The third-order valence-corrected chi connectivity index (χ3v) is 3.75. The lowest BCUT2D eigenvalue weighted by atomic mass is 10.1. The fourth-order valence-electron chi connectivity index (χ4n) is 2.49. The minimum absolute atomic E-state index is 0.0604. The number of aromatic nitrogens is 2. The molecular formula is C14H15N3O2S. The highest BCUT2D eigenvalue weighted by Gasteiger charge is 2.17. The zero-order chi connectivity index (χ0) is 14.1. The molecule has 1 aromatic heterocycles. The summed E-state index contributed by atoms with van der Waals surface area (Å²) < 4.78 is 7.22. The molecule has 0 saturated heterocycles. The van der Waals surface area contributed by atoms with Crippen molar-refractivity contribution in [3.8, 4) is 11.4 Å². The van der Waals surface area contributed by atoms with E-state index >= 15 is 0 Å². The molecule has 0 amide bonds. The number of para-hydroxylation sites is 2. The van der Waals surface area contributed by atoms with Crippen LogP contribution in [0.1, 0.15) is 11.3 Å². The normalized spacial score (nSPS) is 13.8. The first-order valence-electron chi connectivity index (χ1n) is 6.43. The Kier molecular flexibility index (Phi) is 3.42. The number of nitrogens with zero attached hydrogens (tertiary/aromatic N) is 1. The Hall–Kier alpha value is -1.92. The molecule has 0 atom stereocenters. The molecule has 0 unspecified atom stereocenters. The van der Waals surface area contributed by atoms with Crippen molar-refractivity contribution in [1.29, 1.82) is 0 Å². The number of hydrogen-bond donors (Lipinski definition) is 2. The van der Waals surface area contributed by atoms with Crippen LogP contribution in [-0.2, 0) is 13.0 Å². The van der Waals surface area contributed by atoms with Crippen molar-refractivity contribution in [1.82, 2.24) is 14.9 Å². The van der Waals surface area contributed by atoms with Crippen molar-refractivity contribution in [3.05, 3.63) is 50.6 Å². The molecule has 2 heterocycles. The summed E-state index contributed by atoms with van der Waals surface area (Å²) >= 11 is 5.34. The van der Waals surface area contributed by atoms with Gasteiger partial charge >= 0.3 is 0 Å². The van der Waals surface area contributed by atoms with Gasteiger partial charge in [-0.05, 0) is 37.3 Å². The van der Waals surface area contributed by atoms with Gasteiger partial charge < -0.3 is 15.0 Å². The Labute approximate surface area is 121 Å². The second-order valence-corrected chi connectivity index (χ2v) is 5.01. The molecule has 1 aromatic carbocycles. The van der Waals surface area contributed by atoms with Gasteiger partial charge in [-0.15, -0.1) is 0 Å². The van der Waals surface area contributed by atoms with E-state index in [0.717, 1.165) is 17.8 Å². The van der Waals surface area contributed by atoms with Crippen LogP contribution in [0.3, 0.4) is 0 Å². The fraction of sp³-hybridized carbons (Fsp3) is 0.286. The number of H-pyrrole nitrogens is 1. The maximum atomic E-state index is 12.7. The Bertz CT molecular complexity index is 764. The number of benzene rings is 1. The number of methoxy groups -OCH3 is 1. The molecule has 20 heavy (non-hydrogen) atoms. The molecule has 0 radical (unpaired) electrons. The van der Waals surface area contributed by atoms with Crippen molar-refractivity contribution in [2.75, 3.05) is 13.7 Å². The number of nitrogens with one attached hydrogen (secondary N) is 2. The highest BCUT2D eigenvalue weighted by Crippen LogP contribution is 2.21.